The third-order valence-electron chi connectivity index (χ3n) is 3.04. The first kappa shape index (κ1) is 18.4. The lowest BCUT2D eigenvalue weighted by molar-refractivity contribution is -0.275. The van der Waals surface area contributed by atoms with E-state index >= 15 is 0 Å². The van der Waals surface area contributed by atoms with E-state index in [1.165, 1.54) is 18.2 Å². The first-order valence-electron chi connectivity index (χ1n) is 7.44. The van der Waals surface area contributed by atoms with Gasteiger partial charge in [0, 0.05) is 25.2 Å². The molecule has 0 heterocycles. The van der Waals surface area contributed by atoms with Gasteiger partial charge in [0.2, 0.25) is 0 Å². The molecule has 0 aliphatic rings. The van der Waals surface area contributed by atoms with E-state index in [0.29, 0.717) is 6.42 Å². The monoisotopic (exact) mass is 347 g/mol. The van der Waals surface area contributed by atoms with Gasteiger partial charge in [-0.1, -0.05) is 36.1 Å². The van der Waals surface area contributed by atoms with Crippen molar-refractivity contribution in [2.24, 2.45) is 4.99 Å². The van der Waals surface area contributed by atoms with Crippen molar-refractivity contribution in [3.63, 3.8) is 0 Å². The molecule has 6 heteroatoms. The molecule has 0 fully saturated rings. The van der Waals surface area contributed by atoms with Crippen molar-refractivity contribution in [3.8, 4) is 23.3 Å². The second kappa shape index (κ2) is 8.78. The predicted octanol–water partition coefficient (Wildman–Crippen LogP) is 4.26. The number of hydrogen-bond donors (Lipinski definition) is 0. The number of rotatable bonds is 5. The molecule has 0 saturated carbocycles. The predicted molar refractivity (Wildman–Crippen MR) is 90.1 cm³/mol. The smallest absolute Gasteiger partial charge is 0.477 e. The lowest BCUT2D eigenvalue weighted by atomic mass is 10.1. The minimum atomic E-state index is -4.77. The van der Waals surface area contributed by atoms with Crippen LogP contribution < -0.4 is 9.47 Å². The lowest BCUT2D eigenvalue weighted by Crippen LogP contribution is -2.17. The van der Waals surface area contributed by atoms with Crippen molar-refractivity contribution >= 4 is 6.21 Å². The van der Waals surface area contributed by atoms with Crippen LogP contribution in [0.3, 0.4) is 0 Å². The number of hydrogen-bond acceptors (Lipinski definition) is 3. The van der Waals surface area contributed by atoms with E-state index in [9.17, 15) is 13.2 Å². The highest BCUT2D eigenvalue weighted by atomic mass is 19.4. The molecule has 130 valence electrons. The Morgan fingerprint density at radius 2 is 1.84 bits per heavy atom. The molecule has 0 N–H and O–H groups in total. The molecule has 2 aromatic rings. The molecule has 3 nitrogen and oxygen atoms in total. The average Bonchev–Trinajstić information content (AvgIpc) is 2.57. The zero-order valence-electron chi connectivity index (χ0n) is 13.5. The summed E-state index contributed by atoms with van der Waals surface area (Å²) in [6.07, 6.45) is -2.26. The second-order valence-electron chi connectivity index (χ2n) is 4.93. The Bertz CT molecular complexity index is 789. The number of alkyl halides is 3. The van der Waals surface area contributed by atoms with Crippen LogP contribution in [0.2, 0.25) is 0 Å². The minimum absolute atomic E-state index is 0.0120. The molecule has 0 spiro atoms. The molecule has 0 aliphatic carbocycles. The molecule has 0 bridgehead atoms. The van der Waals surface area contributed by atoms with E-state index < -0.39 is 12.1 Å². The third kappa shape index (κ3) is 6.60. The third-order valence-corrected chi connectivity index (χ3v) is 3.04. The topological polar surface area (TPSA) is 30.8 Å². The fourth-order valence-corrected chi connectivity index (χ4v) is 2.00. The number of nitrogens with zero attached hydrogens (tertiary/aromatic N) is 1. The fraction of sp³-hybridized carbons (Fsp3) is 0.211. The first-order valence-corrected chi connectivity index (χ1v) is 7.44. The minimum Gasteiger partial charge on any atom is -0.477 e. The number of halogens is 3. The number of para-hydroxylation sites is 2. The van der Waals surface area contributed by atoms with E-state index in [0.717, 1.165) is 11.1 Å². The van der Waals surface area contributed by atoms with Crippen LogP contribution in [-0.4, -0.2) is 26.2 Å². The SMILES string of the molecule is CN=CCc1cccc(C#CCOc2ccccc2OC(F)(F)F)c1. The van der Waals surface area contributed by atoms with Gasteiger partial charge in [0.15, 0.2) is 11.5 Å². The quantitative estimate of drug-likeness (QED) is 0.598. The van der Waals surface area contributed by atoms with Gasteiger partial charge in [0.25, 0.3) is 0 Å². The summed E-state index contributed by atoms with van der Waals surface area (Å²) >= 11 is 0. The lowest BCUT2D eigenvalue weighted by Gasteiger charge is -2.12. The summed E-state index contributed by atoms with van der Waals surface area (Å²) in [5, 5.41) is 0. The highest BCUT2D eigenvalue weighted by molar-refractivity contribution is 5.61. The van der Waals surface area contributed by atoms with Crippen LogP contribution in [0.4, 0.5) is 13.2 Å². The van der Waals surface area contributed by atoms with Crippen LogP contribution in [-0.2, 0) is 6.42 Å². The maximum Gasteiger partial charge on any atom is 0.573 e. The van der Waals surface area contributed by atoms with Gasteiger partial charge in [0.1, 0.15) is 6.61 Å². The molecule has 0 unspecified atom stereocenters. The summed E-state index contributed by atoms with van der Waals surface area (Å²) in [4.78, 5) is 3.93. The molecule has 2 rings (SSSR count). The van der Waals surface area contributed by atoms with Gasteiger partial charge < -0.3 is 14.5 Å². The summed E-state index contributed by atoms with van der Waals surface area (Å²) in [5.74, 6) is 5.29. The van der Waals surface area contributed by atoms with Crippen molar-refractivity contribution in [1.82, 2.24) is 0 Å². The highest BCUT2D eigenvalue weighted by Gasteiger charge is 2.32. The van der Waals surface area contributed by atoms with Crippen LogP contribution >= 0.6 is 0 Å². The molecule has 0 saturated heterocycles. The van der Waals surface area contributed by atoms with Crippen molar-refractivity contribution in [3.05, 3.63) is 59.7 Å². The Hall–Kier alpha value is -2.94. The molecule has 0 aliphatic heterocycles. The van der Waals surface area contributed by atoms with E-state index in [1.807, 2.05) is 24.3 Å². The number of ether oxygens (including phenoxy) is 2. The summed E-state index contributed by atoms with van der Waals surface area (Å²) in [5.41, 5.74) is 1.87. The number of aliphatic imine (C=N–C) groups is 1. The van der Waals surface area contributed by atoms with Gasteiger partial charge in [-0.2, -0.15) is 0 Å². The number of benzene rings is 2. The van der Waals surface area contributed by atoms with E-state index in [2.05, 4.69) is 21.6 Å². The summed E-state index contributed by atoms with van der Waals surface area (Å²) < 4.78 is 46.2. The average molecular weight is 347 g/mol. The zero-order chi connectivity index (χ0) is 18.1. The zero-order valence-corrected chi connectivity index (χ0v) is 13.5. The fourth-order valence-electron chi connectivity index (χ4n) is 2.00. The Balaban J connectivity index is 1.99. The van der Waals surface area contributed by atoms with Crippen LogP contribution in [0.1, 0.15) is 11.1 Å². The largest absolute Gasteiger partial charge is 0.573 e. The Kier molecular flexibility index (Phi) is 6.47. The van der Waals surface area contributed by atoms with Crippen molar-refractivity contribution in [2.75, 3.05) is 13.7 Å². The highest BCUT2D eigenvalue weighted by Crippen LogP contribution is 2.31. The van der Waals surface area contributed by atoms with Gasteiger partial charge in [-0.25, -0.2) is 0 Å². The molecule has 0 aromatic heterocycles. The van der Waals surface area contributed by atoms with E-state index in [1.54, 1.807) is 19.3 Å². The molecule has 0 atom stereocenters. The van der Waals surface area contributed by atoms with Gasteiger partial charge in [-0.3, -0.25) is 0 Å². The standard InChI is InChI=1S/C19H16F3NO2/c1-23-12-11-16-7-4-6-15(14-16)8-5-13-24-17-9-2-3-10-18(17)25-19(20,21)22/h2-4,6-7,9-10,12,14H,11,13H2,1H3. The van der Waals surface area contributed by atoms with Gasteiger partial charge in [-0.05, 0) is 29.8 Å². The van der Waals surface area contributed by atoms with Crippen molar-refractivity contribution < 1.29 is 22.6 Å². The van der Waals surface area contributed by atoms with Crippen LogP contribution in [0.25, 0.3) is 0 Å². The molecular weight excluding hydrogens is 331 g/mol. The van der Waals surface area contributed by atoms with Crippen molar-refractivity contribution in [1.29, 1.82) is 0 Å². The Morgan fingerprint density at radius 3 is 2.56 bits per heavy atom. The van der Waals surface area contributed by atoms with Crippen LogP contribution in [0.5, 0.6) is 11.5 Å². The second-order valence-corrected chi connectivity index (χ2v) is 4.93. The molecular formula is C19H16F3NO2. The molecule has 0 amide bonds. The maximum atomic E-state index is 12.3. The van der Waals surface area contributed by atoms with Crippen LogP contribution in [0.15, 0.2) is 53.5 Å². The van der Waals surface area contributed by atoms with Crippen molar-refractivity contribution in [2.45, 2.75) is 12.8 Å². The van der Waals surface area contributed by atoms with Crippen LogP contribution in [0, 0.1) is 11.8 Å². The first-order chi connectivity index (χ1) is 12.0. The molecule has 0 radical (unpaired) electrons. The van der Waals surface area contributed by atoms with E-state index in [-0.39, 0.29) is 12.4 Å². The maximum absolute atomic E-state index is 12.3. The Morgan fingerprint density at radius 1 is 1.08 bits per heavy atom. The van der Waals surface area contributed by atoms with E-state index in [4.69, 9.17) is 4.74 Å². The van der Waals surface area contributed by atoms with Gasteiger partial charge in [-0.15, -0.1) is 13.2 Å². The molecule has 25 heavy (non-hydrogen) atoms. The van der Waals surface area contributed by atoms with Gasteiger partial charge in [0.05, 0.1) is 0 Å². The summed E-state index contributed by atoms with van der Waals surface area (Å²) in [6, 6.07) is 13.2. The molecule has 2 aromatic carbocycles. The normalized spacial score (nSPS) is 11.0. The van der Waals surface area contributed by atoms with Gasteiger partial charge >= 0.3 is 6.36 Å². The summed E-state index contributed by atoms with van der Waals surface area (Å²) in [6.45, 7) is -0.0567. The summed E-state index contributed by atoms with van der Waals surface area (Å²) in [7, 11) is 1.71. The Labute approximate surface area is 144 Å².